The Morgan fingerprint density at radius 3 is 1.64 bits per heavy atom. The van der Waals surface area contributed by atoms with Gasteiger partial charge < -0.3 is 8.83 Å². The molecule has 2 heteroatoms. The Morgan fingerprint density at radius 1 is 0.361 bits per heavy atom. The van der Waals surface area contributed by atoms with Crippen molar-refractivity contribution in [2.24, 2.45) is 0 Å². The number of rotatable bonds is 0. The van der Waals surface area contributed by atoms with Gasteiger partial charge in [-0.05, 0) is 51.9 Å². The number of furan rings is 2. The summed E-state index contributed by atoms with van der Waals surface area (Å²) in [6, 6.07) is 41.7. The van der Waals surface area contributed by atoms with Gasteiger partial charge in [0.2, 0.25) is 0 Å². The third kappa shape index (κ3) is 3.68. The summed E-state index contributed by atoms with van der Waals surface area (Å²) in [6.07, 6.45) is 0. The second-order valence-electron chi connectivity index (χ2n) is 8.55. The van der Waals surface area contributed by atoms with E-state index >= 15 is 0 Å². The minimum absolute atomic E-state index is 0.956. The third-order valence-corrected chi connectivity index (χ3v) is 6.51. The van der Waals surface area contributed by atoms with Crippen LogP contribution in [0.2, 0.25) is 0 Å². The molecule has 0 saturated heterocycles. The average Bonchev–Trinajstić information content (AvgIpc) is 3.51. The van der Waals surface area contributed by atoms with Crippen LogP contribution >= 0.6 is 0 Å². The highest BCUT2D eigenvalue weighted by atomic mass is 16.3. The lowest BCUT2D eigenvalue weighted by atomic mass is 10.0. The molecule has 0 radical (unpaired) electrons. The molecule has 0 saturated carbocycles. The molecule has 0 spiro atoms. The highest BCUT2D eigenvalue weighted by Crippen LogP contribution is 2.34. The van der Waals surface area contributed by atoms with Crippen LogP contribution in [0.3, 0.4) is 0 Å². The molecule has 8 rings (SSSR count). The van der Waals surface area contributed by atoms with Crippen LogP contribution < -0.4 is 0 Å². The fourth-order valence-electron chi connectivity index (χ4n) is 4.91. The highest BCUT2D eigenvalue weighted by Gasteiger charge is 2.09. The van der Waals surface area contributed by atoms with E-state index in [4.69, 9.17) is 8.83 Å². The minimum Gasteiger partial charge on any atom is -0.456 e. The molecule has 0 aliphatic rings. The van der Waals surface area contributed by atoms with E-state index in [2.05, 4.69) is 91.0 Å². The van der Waals surface area contributed by atoms with Crippen molar-refractivity contribution in [3.8, 4) is 0 Å². The maximum absolute atomic E-state index is 5.86. The molecule has 2 nitrogen and oxygen atoms in total. The van der Waals surface area contributed by atoms with Crippen LogP contribution in [0.1, 0.15) is 13.8 Å². The summed E-state index contributed by atoms with van der Waals surface area (Å²) in [4.78, 5) is 0. The van der Waals surface area contributed by atoms with Gasteiger partial charge in [-0.3, -0.25) is 0 Å². The van der Waals surface area contributed by atoms with Crippen molar-refractivity contribution < 1.29 is 8.83 Å². The van der Waals surface area contributed by atoms with Crippen LogP contribution in [0, 0.1) is 0 Å². The topological polar surface area (TPSA) is 26.3 Å². The molecule has 174 valence electrons. The van der Waals surface area contributed by atoms with E-state index < -0.39 is 0 Å². The summed E-state index contributed by atoms with van der Waals surface area (Å²) in [5, 5.41) is 9.79. The lowest BCUT2D eigenvalue weighted by Gasteiger charge is -1.98. The van der Waals surface area contributed by atoms with Crippen LogP contribution in [0.25, 0.3) is 65.4 Å². The van der Waals surface area contributed by atoms with Crippen molar-refractivity contribution >= 4 is 65.4 Å². The summed E-state index contributed by atoms with van der Waals surface area (Å²) in [5.74, 6) is 0. The van der Waals surface area contributed by atoms with Gasteiger partial charge in [0.05, 0.1) is 0 Å². The van der Waals surface area contributed by atoms with E-state index in [0.717, 1.165) is 22.3 Å². The smallest absolute Gasteiger partial charge is 0.136 e. The Balaban J connectivity index is 0.000000125. The van der Waals surface area contributed by atoms with Gasteiger partial charge >= 0.3 is 0 Å². The van der Waals surface area contributed by atoms with E-state index in [1.807, 2.05) is 44.2 Å². The first-order valence-electron chi connectivity index (χ1n) is 12.4. The fraction of sp³-hybridized carbons (Fsp3) is 0.0588. The average molecular weight is 467 g/mol. The van der Waals surface area contributed by atoms with E-state index in [0.29, 0.717) is 0 Å². The van der Waals surface area contributed by atoms with Gasteiger partial charge in [-0.25, -0.2) is 0 Å². The summed E-state index contributed by atoms with van der Waals surface area (Å²) in [7, 11) is 0. The summed E-state index contributed by atoms with van der Waals surface area (Å²) < 4.78 is 11.7. The van der Waals surface area contributed by atoms with Crippen molar-refractivity contribution in [2.45, 2.75) is 13.8 Å². The van der Waals surface area contributed by atoms with Gasteiger partial charge in [0.15, 0.2) is 0 Å². The zero-order valence-electron chi connectivity index (χ0n) is 20.4. The van der Waals surface area contributed by atoms with Crippen LogP contribution in [0.15, 0.2) is 130 Å². The van der Waals surface area contributed by atoms with Gasteiger partial charge in [0.1, 0.15) is 22.3 Å². The van der Waals surface area contributed by atoms with Crippen molar-refractivity contribution in [1.82, 2.24) is 0 Å². The van der Waals surface area contributed by atoms with Crippen molar-refractivity contribution in [3.05, 3.63) is 121 Å². The van der Waals surface area contributed by atoms with Gasteiger partial charge in [0.25, 0.3) is 0 Å². The van der Waals surface area contributed by atoms with Crippen molar-refractivity contribution in [3.63, 3.8) is 0 Å². The molecular formula is C34H26O2. The minimum atomic E-state index is 0.956. The second kappa shape index (κ2) is 9.24. The Bertz CT molecular complexity index is 1950. The molecule has 0 fully saturated rings. The lowest BCUT2D eigenvalue weighted by molar-refractivity contribution is 0.669. The van der Waals surface area contributed by atoms with Gasteiger partial charge in [0, 0.05) is 21.5 Å². The Morgan fingerprint density at radius 2 is 0.889 bits per heavy atom. The first-order chi connectivity index (χ1) is 17.8. The molecule has 0 N–H and O–H groups in total. The standard InChI is InChI=1S/2C16H10O.C2H6/c1-2-6-12-10-16-14(9-11(12)5-1)13-7-3-4-8-15(13)17-16;1-2-6-12-11(5-1)9-10-15-16(12)13-7-3-4-8-14(13)17-15;1-2/h2*1-10H;1-2H3. The molecule has 0 atom stereocenters. The largest absolute Gasteiger partial charge is 0.456 e. The second-order valence-corrected chi connectivity index (χ2v) is 8.55. The maximum Gasteiger partial charge on any atom is 0.136 e. The van der Waals surface area contributed by atoms with Gasteiger partial charge in [-0.1, -0.05) is 105 Å². The molecule has 0 unspecified atom stereocenters. The maximum atomic E-state index is 5.86. The molecule has 0 bridgehead atoms. The molecule has 2 aromatic heterocycles. The zero-order valence-corrected chi connectivity index (χ0v) is 20.4. The van der Waals surface area contributed by atoms with Crippen molar-refractivity contribution in [1.29, 1.82) is 0 Å². The van der Waals surface area contributed by atoms with E-state index in [9.17, 15) is 0 Å². The van der Waals surface area contributed by atoms with Crippen LogP contribution in [-0.2, 0) is 0 Å². The summed E-state index contributed by atoms with van der Waals surface area (Å²) in [6.45, 7) is 4.00. The number of hydrogen-bond acceptors (Lipinski definition) is 2. The lowest BCUT2D eigenvalue weighted by Crippen LogP contribution is -1.73. The number of para-hydroxylation sites is 2. The normalized spacial score (nSPS) is 11.1. The first-order valence-corrected chi connectivity index (χ1v) is 12.4. The number of fused-ring (bicyclic) bond motifs is 9. The Labute approximate surface area is 209 Å². The molecule has 0 amide bonds. The van der Waals surface area contributed by atoms with Gasteiger partial charge in [-0.15, -0.1) is 0 Å². The zero-order chi connectivity index (χ0) is 24.5. The van der Waals surface area contributed by atoms with E-state index in [1.165, 1.54) is 43.1 Å². The van der Waals surface area contributed by atoms with Crippen LogP contribution in [0.5, 0.6) is 0 Å². The molecule has 0 aliphatic carbocycles. The SMILES string of the molecule is CC.c1ccc2c(c1)ccc1oc3ccccc3c12.c1ccc2cc3c(cc2c1)oc1ccccc13. The number of benzene rings is 6. The number of hydrogen-bond donors (Lipinski definition) is 0. The molecule has 0 aliphatic heterocycles. The third-order valence-electron chi connectivity index (χ3n) is 6.51. The van der Waals surface area contributed by atoms with Gasteiger partial charge in [-0.2, -0.15) is 0 Å². The van der Waals surface area contributed by atoms with Crippen LogP contribution in [-0.4, -0.2) is 0 Å². The summed E-state index contributed by atoms with van der Waals surface area (Å²) >= 11 is 0. The molecule has 6 aromatic carbocycles. The Kier molecular flexibility index (Phi) is 5.63. The molecule has 2 heterocycles. The molecular weight excluding hydrogens is 440 g/mol. The predicted octanol–water partition coefficient (Wildman–Crippen LogP) is 10.5. The monoisotopic (exact) mass is 466 g/mol. The first kappa shape index (κ1) is 21.9. The Hall–Kier alpha value is -4.56. The summed E-state index contributed by atoms with van der Waals surface area (Å²) in [5.41, 5.74) is 3.84. The predicted molar refractivity (Wildman–Crippen MR) is 154 cm³/mol. The molecule has 36 heavy (non-hydrogen) atoms. The van der Waals surface area contributed by atoms with Crippen molar-refractivity contribution in [2.75, 3.05) is 0 Å². The quantitative estimate of drug-likeness (QED) is 0.222. The molecule has 8 aromatic rings. The van der Waals surface area contributed by atoms with E-state index in [1.54, 1.807) is 0 Å². The van der Waals surface area contributed by atoms with E-state index in [-0.39, 0.29) is 0 Å². The fourth-order valence-corrected chi connectivity index (χ4v) is 4.91. The highest BCUT2D eigenvalue weighted by molar-refractivity contribution is 6.18. The van der Waals surface area contributed by atoms with Crippen LogP contribution in [0.4, 0.5) is 0 Å².